The molecule has 2 nitrogen and oxygen atoms in total. The predicted molar refractivity (Wildman–Crippen MR) is 165 cm³/mol. The molecule has 2 heteroatoms. The smallest absolute Gasteiger partial charge is 0.234 e. The van der Waals surface area contributed by atoms with Crippen molar-refractivity contribution in [2.45, 2.75) is 207 Å². The van der Waals surface area contributed by atoms with E-state index in [4.69, 9.17) is 0 Å². The second-order valence-electron chi connectivity index (χ2n) is 12.0. The summed E-state index contributed by atoms with van der Waals surface area (Å²) < 4.78 is 5.20. The molecule has 0 N–H and O–H groups in total. The molecule has 0 aliphatic heterocycles. The lowest BCUT2D eigenvalue weighted by Crippen LogP contribution is -2.37. The van der Waals surface area contributed by atoms with Crippen LogP contribution in [0.1, 0.15) is 194 Å². The molecule has 0 saturated carbocycles. The number of aromatic nitrogens is 2. The molecule has 218 valence electrons. The zero-order valence-electron chi connectivity index (χ0n) is 26.1. The van der Waals surface area contributed by atoms with Gasteiger partial charge in [-0.05, 0) is 32.1 Å². The van der Waals surface area contributed by atoms with Crippen LogP contribution in [0.15, 0.2) is 12.4 Å². The molecule has 1 aromatic heterocycles. The largest absolute Gasteiger partial charge is 0.256 e. The lowest BCUT2D eigenvalue weighted by atomic mass is 10.0. The van der Waals surface area contributed by atoms with E-state index in [1.807, 2.05) is 0 Å². The molecule has 0 amide bonds. The fraction of sp³-hybridized carbons (Fsp3) is 0.914. The van der Waals surface area contributed by atoms with Crippen molar-refractivity contribution < 1.29 is 4.57 Å². The highest BCUT2D eigenvalue weighted by Gasteiger charge is 2.16. The molecule has 1 heterocycles. The molecule has 0 unspecified atom stereocenters. The van der Waals surface area contributed by atoms with Gasteiger partial charge in [0.2, 0.25) is 0 Å². The SMILES string of the molecule is CCCCCCCCCCCCCCCCn1cc[n+](CCCCCCCCCCC)c1CCCCC. The fourth-order valence-corrected chi connectivity index (χ4v) is 5.80. The third kappa shape index (κ3) is 19.9. The average molecular weight is 518 g/mol. The van der Waals surface area contributed by atoms with E-state index in [0.717, 1.165) is 0 Å². The third-order valence-corrected chi connectivity index (χ3v) is 8.35. The first-order valence-electron chi connectivity index (χ1n) is 17.4. The van der Waals surface area contributed by atoms with Gasteiger partial charge in [0.05, 0.1) is 13.1 Å². The highest BCUT2D eigenvalue weighted by molar-refractivity contribution is 4.84. The van der Waals surface area contributed by atoms with Crippen molar-refractivity contribution in [3.05, 3.63) is 18.2 Å². The van der Waals surface area contributed by atoms with Crippen molar-refractivity contribution in [1.82, 2.24) is 4.57 Å². The molecule has 1 aromatic rings. The van der Waals surface area contributed by atoms with Gasteiger partial charge in [0.25, 0.3) is 5.82 Å². The second kappa shape index (κ2) is 26.8. The van der Waals surface area contributed by atoms with Crippen molar-refractivity contribution in [3.63, 3.8) is 0 Å². The maximum absolute atomic E-state index is 2.60. The first-order chi connectivity index (χ1) is 18.3. The Balaban J connectivity index is 2.15. The molecule has 0 fully saturated rings. The summed E-state index contributed by atoms with van der Waals surface area (Å²) >= 11 is 0. The van der Waals surface area contributed by atoms with Crippen molar-refractivity contribution in [2.75, 3.05) is 0 Å². The van der Waals surface area contributed by atoms with E-state index < -0.39 is 0 Å². The van der Waals surface area contributed by atoms with Gasteiger partial charge in [-0.2, -0.15) is 0 Å². The minimum atomic E-state index is 1.23. The first-order valence-corrected chi connectivity index (χ1v) is 17.4. The van der Waals surface area contributed by atoms with E-state index in [-0.39, 0.29) is 0 Å². The van der Waals surface area contributed by atoms with Crippen molar-refractivity contribution in [2.24, 2.45) is 0 Å². The molecule has 37 heavy (non-hydrogen) atoms. The van der Waals surface area contributed by atoms with Crippen molar-refractivity contribution >= 4 is 0 Å². The van der Waals surface area contributed by atoms with Gasteiger partial charge < -0.3 is 0 Å². The quantitative estimate of drug-likeness (QED) is 0.0737. The minimum Gasteiger partial charge on any atom is -0.234 e. The van der Waals surface area contributed by atoms with Crippen LogP contribution in [0.4, 0.5) is 0 Å². The number of hydrogen-bond acceptors (Lipinski definition) is 0. The van der Waals surface area contributed by atoms with Crippen LogP contribution in [0.25, 0.3) is 0 Å². The Morgan fingerprint density at radius 3 is 1.30 bits per heavy atom. The predicted octanol–water partition coefficient (Wildman–Crippen LogP) is 11.5. The number of imidazole rings is 1. The highest BCUT2D eigenvalue weighted by atomic mass is 15.1. The lowest BCUT2D eigenvalue weighted by Gasteiger charge is -2.07. The molecule has 0 saturated heterocycles. The summed E-state index contributed by atoms with van der Waals surface area (Å²) in [6.45, 7) is 9.39. The first kappa shape index (κ1) is 34.2. The van der Waals surface area contributed by atoms with E-state index in [1.54, 1.807) is 5.82 Å². The van der Waals surface area contributed by atoms with E-state index >= 15 is 0 Å². The molecule has 1 rings (SSSR count). The molecule has 0 spiro atoms. The Hall–Kier alpha value is -0.790. The van der Waals surface area contributed by atoms with Gasteiger partial charge in [0, 0.05) is 6.42 Å². The summed E-state index contributed by atoms with van der Waals surface area (Å²) in [6.07, 6.45) is 43.0. The summed E-state index contributed by atoms with van der Waals surface area (Å²) in [5, 5.41) is 0. The van der Waals surface area contributed by atoms with Gasteiger partial charge in [-0.25, -0.2) is 9.13 Å². The molecule has 0 bridgehead atoms. The van der Waals surface area contributed by atoms with E-state index in [0.29, 0.717) is 0 Å². The summed E-state index contributed by atoms with van der Waals surface area (Å²) in [7, 11) is 0. The zero-order valence-corrected chi connectivity index (χ0v) is 26.1. The maximum Gasteiger partial charge on any atom is 0.256 e. The van der Waals surface area contributed by atoms with Crippen LogP contribution in [-0.4, -0.2) is 4.57 Å². The average Bonchev–Trinajstić information content (AvgIpc) is 3.29. The van der Waals surface area contributed by atoms with Crippen LogP contribution in [0.3, 0.4) is 0 Å². The van der Waals surface area contributed by atoms with Gasteiger partial charge >= 0.3 is 0 Å². The number of hydrogen-bond donors (Lipinski definition) is 0. The second-order valence-corrected chi connectivity index (χ2v) is 12.0. The molecular weight excluding hydrogens is 448 g/mol. The minimum absolute atomic E-state index is 1.23. The Labute approximate surface area is 234 Å². The molecule has 0 radical (unpaired) electrons. The van der Waals surface area contributed by atoms with E-state index in [9.17, 15) is 0 Å². The molecule has 0 aliphatic carbocycles. The zero-order chi connectivity index (χ0) is 26.7. The van der Waals surface area contributed by atoms with Crippen molar-refractivity contribution in [1.29, 1.82) is 0 Å². The lowest BCUT2D eigenvalue weighted by molar-refractivity contribution is -0.704. The Kier molecular flexibility index (Phi) is 24.8. The third-order valence-electron chi connectivity index (χ3n) is 8.35. The number of aryl methyl sites for hydroxylation is 2. The standard InChI is InChI=1S/C35H69N2/c1-4-7-10-12-14-16-17-18-19-20-22-24-26-29-32-37-34-33-36(35(37)30-27-9-6-3)31-28-25-23-21-15-13-11-8-5-2/h33-34H,4-32H2,1-3H3/q+1. The summed E-state index contributed by atoms with van der Waals surface area (Å²) in [4.78, 5) is 0. The topological polar surface area (TPSA) is 8.81 Å². The summed E-state index contributed by atoms with van der Waals surface area (Å²) in [6, 6.07) is 0. The molecule has 0 aromatic carbocycles. The van der Waals surface area contributed by atoms with Gasteiger partial charge in [-0.3, -0.25) is 0 Å². The maximum atomic E-state index is 2.60. The normalized spacial score (nSPS) is 11.5. The van der Waals surface area contributed by atoms with Crippen molar-refractivity contribution in [3.8, 4) is 0 Å². The Morgan fingerprint density at radius 1 is 0.459 bits per heavy atom. The van der Waals surface area contributed by atoms with Crippen LogP contribution in [-0.2, 0) is 19.5 Å². The Morgan fingerprint density at radius 2 is 0.838 bits per heavy atom. The monoisotopic (exact) mass is 518 g/mol. The number of unbranched alkanes of at least 4 members (excludes halogenated alkanes) is 23. The Bertz CT molecular complexity index is 576. The highest BCUT2D eigenvalue weighted by Crippen LogP contribution is 2.14. The van der Waals surface area contributed by atoms with Crippen LogP contribution in [0, 0.1) is 0 Å². The van der Waals surface area contributed by atoms with Crippen LogP contribution >= 0.6 is 0 Å². The van der Waals surface area contributed by atoms with E-state index in [1.165, 1.54) is 186 Å². The molecule has 0 aliphatic rings. The summed E-state index contributed by atoms with van der Waals surface area (Å²) in [5.41, 5.74) is 0. The van der Waals surface area contributed by atoms with Gasteiger partial charge in [0.15, 0.2) is 0 Å². The van der Waals surface area contributed by atoms with Crippen LogP contribution in [0.5, 0.6) is 0 Å². The molecule has 0 atom stereocenters. The fourth-order valence-electron chi connectivity index (χ4n) is 5.80. The van der Waals surface area contributed by atoms with Gasteiger partial charge in [-0.15, -0.1) is 0 Å². The van der Waals surface area contributed by atoms with E-state index in [2.05, 4.69) is 42.3 Å². The molecular formula is C35H69N2+. The van der Waals surface area contributed by atoms with Gasteiger partial charge in [-0.1, -0.05) is 156 Å². The van der Waals surface area contributed by atoms with Crippen LogP contribution in [0.2, 0.25) is 0 Å². The number of rotatable bonds is 29. The number of nitrogens with zero attached hydrogens (tertiary/aromatic N) is 2. The summed E-state index contributed by atoms with van der Waals surface area (Å²) in [5.74, 6) is 1.60. The van der Waals surface area contributed by atoms with Gasteiger partial charge in [0.1, 0.15) is 12.4 Å². The van der Waals surface area contributed by atoms with Crippen LogP contribution < -0.4 is 4.57 Å².